The molecule has 0 saturated carbocycles. The molecule has 2 rings (SSSR count). The van der Waals surface area contributed by atoms with Gasteiger partial charge in [0.05, 0.1) is 10.6 Å². The lowest BCUT2D eigenvalue weighted by Gasteiger charge is -2.19. The van der Waals surface area contributed by atoms with E-state index in [0.29, 0.717) is 5.56 Å². The minimum Gasteiger partial charge on any atom is -0.274 e. The Labute approximate surface area is 132 Å². The molecule has 0 aliphatic heterocycles. The van der Waals surface area contributed by atoms with Crippen molar-refractivity contribution < 1.29 is 18.0 Å². The fourth-order valence-corrected chi connectivity index (χ4v) is 2.68. The van der Waals surface area contributed by atoms with Crippen molar-refractivity contribution in [1.29, 1.82) is 0 Å². The van der Waals surface area contributed by atoms with E-state index in [2.05, 4.69) is 0 Å². The van der Waals surface area contributed by atoms with Gasteiger partial charge in [0, 0.05) is 23.2 Å². The van der Waals surface area contributed by atoms with Gasteiger partial charge in [0.25, 0.3) is 15.0 Å². The molecular weight excluding hydrogens is 326 g/mol. The van der Waals surface area contributed by atoms with Crippen molar-refractivity contribution in [3.63, 3.8) is 0 Å². The van der Waals surface area contributed by atoms with E-state index >= 15 is 0 Å². The first-order valence-corrected chi connectivity index (χ1v) is 8.56. The van der Waals surface area contributed by atoms with Gasteiger partial charge >= 0.3 is 0 Å². The average molecular weight is 338 g/mol. The van der Waals surface area contributed by atoms with Gasteiger partial charge in [0.2, 0.25) is 5.91 Å². The van der Waals surface area contributed by atoms with Crippen LogP contribution in [0.5, 0.6) is 0 Å². The Kier molecular flexibility index (Phi) is 4.63. The fourth-order valence-electron chi connectivity index (χ4n) is 1.91. The van der Waals surface area contributed by atoms with Crippen LogP contribution in [0, 0.1) is 0 Å². The molecule has 7 heteroatoms. The SMILES string of the molecule is CC(=O)N(C(=O)c1ccccc1)c1ccc(S(=O)(=O)Cl)cc1. The molecule has 0 aliphatic carbocycles. The number of rotatable bonds is 3. The zero-order valence-electron chi connectivity index (χ0n) is 11.6. The molecule has 0 heterocycles. The number of imide groups is 1. The number of hydrogen-bond donors (Lipinski definition) is 0. The Morgan fingerprint density at radius 1 is 0.955 bits per heavy atom. The average Bonchev–Trinajstić information content (AvgIpc) is 2.47. The van der Waals surface area contributed by atoms with Crippen molar-refractivity contribution >= 4 is 37.2 Å². The monoisotopic (exact) mass is 337 g/mol. The summed E-state index contributed by atoms with van der Waals surface area (Å²) in [4.78, 5) is 25.1. The highest BCUT2D eigenvalue weighted by molar-refractivity contribution is 8.13. The Balaban J connectivity index is 2.41. The molecule has 0 aliphatic rings. The molecule has 0 saturated heterocycles. The van der Waals surface area contributed by atoms with Gasteiger partial charge in [-0.1, -0.05) is 18.2 Å². The lowest BCUT2D eigenvalue weighted by atomic mass is 10.2. The maximum absolute atomic E-state index is 12.4. The first kappa shape index (κ1) is 16.2. The van der Waals surface area contributed by atoms with E-state index in [-0.39, 0.29) is 10.6 Å². The second-order valence-corrected chi connectivity index (χ2v) is 7.02. The van der Waals surface area contributed by atoms with Crippen LogP contribution < -0.4 is 4.90 Å². The molecule has 0 fully saturated rings. The van der Waals surface area contributed by atoms with Crippen LogP contribution in [0.25, 0.3) is 0 Å². The number of carbonyl (C=O) groups excluding carboxylic acids is 2. The maximum atomic E-state index is 12.4. The first-order chi connectivity index (χ1) is 10.3. The molecule has 2 aromatic carbocycles. The van der Waals surface area contributed by atoms with Crippen LogP contribution in [0.2, 0.25) is 0 Å². The lowest BCUT2D eigenvalue weighted by Crippen LogP contribution is -2.35. The van der Waals surface area contributed by atoms with Crippen LogP contribution in [-0.2, 0) is 13.8 Å². The summed E-state index contributed by atoms with van der Waals surface area (Å²) in [6, 6.07) is 13.5. The molecule has 114 valence electrons. The van der Waals surface area contributed by atoms with Crippen LogP contribution in [0.3, 0.4) is 0 Å². The van der Waals surface area contributed by atoms with E-state index in [0.717, 1.165) is 4.90 Å². The number of nitrogens with zero attached hydrogens (tertiary/aromatic N) is 1. The summed E-state index contributed by atoms with van der Waals surface area (Å²) >= 11 is 0. The Hall–Kier alpha value is -2.18. The van der Waals surface area contributed by atoms with Crippen molar-refractivity contribution in [3.8, 4) is 0 Å². The number of amides is 2. The van der Waals surface area contributed by atoms with Gasteiger partial charge in [-0.25, -0.2) is 13.3 Å². The second kappa shape index (κ2) is 6.29. The molecule has 0 unspecified atom stereocenters. The van der Waals surface area contributed by atoms with E-state index in [1.165, 1.54) is 31.2 Å². The lowest BCUT2D eigenvalue weighted by molar-refractivity contribution is -0.115. The van der Waals surface area contributed by atoms with E-state index in [9.17, 15) is 18.0 Å². The zero-order chi connectivity index (χ0) is 16.3. The topological polar surface area (TPSA) is 71.5 Å². The van der Waals surface area contributed by atoms with Crippen LogP contribution in [0.15, 0.2) is 59.5 Å². The zero-order valence-corrected chi connectivity index (χ0v) is 13.1. The predicted octanol–water partition coefficient (Wildman–Crippen LogP) is 2.81. The van der Waals surface area contributed by atoms with Gasteiger partial charge in [-0.3, -0.25) is 9.59 Å². The molecule has 0 N–H and O–H groups in total. The molecule has 0 atom stereocenters. The quantitative estimate of drug-likeness (QED) is 0.807. The summed E-state index contributed by atoms with van der Waals surface area (Å²) in [5, 5.41) is 0. The minimum atomic E-state index is -3.85. The number of halogens is 1. The summed E-state index contributed by atoms with van der Waals surface area (Å²) in [5.41, 5.74) is 0.622. The second-order valence-electron chi connectivity index (χ2n) is 4.46. The van der Waals surface area contributed by atoms with Crippen LogP contribution in [-0.4, -0.2) is 20.2 Å². The Morgan fingerprint density at radius 3 is 1.95 bits per heavy atom. The molecule has 0 spiro atoms. The Morgan fingerprint density at radius 2 is 1.50 bits per heavy atom. The summed E-state index contributed by atoms with van der Waals surface area (Å²) < 4.78 is 22.4. The largest absolute Gasteiger partial charge is 0.274 e. The number of benzene rings is 2. The number of carbonyl (C=O) groups is 2. The van der Waals surface area contributed by atoms with Crippen LogP contribution in [0.1, 0.15) is 17.3 Å². The highest BCUT2D eigenvalue weighted by Crippen LogP contribution is 2.22. The molecule has 0 bridgehead atoms. The van der Waals surface area contributed by atoms with Crippen molar-refractivity contribution in [3.05, 3.63) is 60.2 Å². The molecule has 5 nitrogen and oxygen atoms in total. The normalized spacial score (nSPS) is 11.0. The third kappa shape index (κ3) is 3.52. The van der Waals surface area contributed by atoms with Crippen molar-refractivity contribution in [2.75, 3.05) is 4.90 Å². The van der Waals surface area contributed by atoms with Crippen LogP contribution >= 0.6 is 10.7 Å². The standard InChI is InChI=1S/C15H12ClNO4S/c1-11(18)17(15(19)12-5-3-2-4-6-12)13-7-9-14(10-8-13)22(16,20)21/h2-10H,1H3. The smallest absolute Gasteiger partial charge is 0.265 e. The van der Waals surface area contributed by atoms with E-state index in [4.69, 9.17) is 10.7 Å². The van der Waals surface area contributed by atoms with Gasteiger partial charge in [-0.15, -0.1) is 0 Å². The highest BCUT2D eigenvalue weighted by atomic mass is 35.7. The molecule has 0 aromatic heterocycles. The molecule has 2 amide bonds. The maximum Gasteiger partial charge on any atom is 0.265 e. The molecular formula is C15H12ClNO4S. The van der Waals surface area contributed by atoms with Crippen molar-refractivity contribution in [1.82, 2.24) is 0 Å². The van der Waals surface area contributed by atoms with Gasteiger partial charge in [0.15, 0.2) is 0 Å². The molecule has 2 aromatic rings. The Bertz CT molecular complexity index is 801. The summed E-state index contributed by atoms with van der Waals surface area (Å²) in [6.07, 6.45) is 0. The summed E-state index contributed by atoms with van der Waals surface area (Å²) in [5.74, 6) is -0.968. The summed E-state index contributed by atoms with van der Waals surface area (Å²) in [6.45, 7) is 1.26. The minimum absolute atomic E-state index is 0.103. The summed E-state index contributed by atoms with van der Waals surface area (Å²) in [7, 11) is 1.38. The third-order valence-electron chi connectivity index (χ3n) is 2.92. The van der Waals surface area contributed by atoms with Gasteiger partial charge in [0.1, 0.15) is 0 Å². The predicted molar refractivity (Wildman–Crippen MR) is 83.4 cm³/mol. The number of hydrogen-bond acceptors (Lipinski definition) is 4. The molecule has 22 heavy (non-hydrogen) atoms. The van der Waals surface area contributed by atoms with Crippen molar-refractivity contribution in [2.45, 2.75) is 11.8 Å². The van der Waals surface area contributed by atoms with Gasteiger partial charge in [-0.2, -0.15) is 0 Å². The van der Waals surface area contributed by atoms with E-state index in [1.54, 1.807) is 30.3 Å². The van der Waals surface area contributed by atoms with E-state index < -0.39 is 20.9 Å². The fraction of sp³-hybridized carbons (Fsp3) is 0.0667. The highest BCUT2D eigenvalue weighted by Gasteiger charge is 2.22. The van der Waals surface area contributed by atoms with Gasteiger partial charge in [-0.05, 0) is 36.4 Å². The van der Waals surface area contributed by atoms with Gasteiger partial charge < -0.3 is 0 Å². The van der Waals surface area contributed by atoms with Crippen molar-refractivity contribution in [2.24, 2.45) is 0 Å². The molecule has 0 radical (unpaired) electrons. The third-order valence-corrected chi connectivity index (χ3v) is 4.28. The first-order valence-electron chi connectivity index (χ1n) is 6.25. The number of anilines is 1. The van der Waals surface area contributed by atoms with E-state index in [1.807, 2.05) is 0 Å². The van der Waals surface area contributed by atoms with Crippen LogP contribution in [0.4, 0.5) is 5.69 Å².